The average molecular weight is 379 g/mol. The summed E-state index contributed by atoms with van der Waals surface area (Å²) < 4.78 is 34.8. The summed E-state index contributed by atoms with van der Waals surface area (Å²) in [5.41, 5.74) is 0.340. The van der Waals surface area contributed by atoms with E-state index in [0.29, 0.717) is 17.3 Å². The van der Waals surface area contributed by atoms with Crippen molar-refractivity contribution in [2.75, 3.05) is 11.9 Å². The molecular weight excluding hydrogens is 358 g/mol. The van der Waals surface area contributed by atoms with Gasteiger partial charge in [-0.15, -0.1) is 0 Å². The Morgan fingerprint density at radius 2 is 2.12 bits per heavy atom. The van der Waals surface area contributed by atoms with Gasteiger partial charge in [0.1, 0.15) is 17.4 Å². The lowest BCUT2D eigenvalue weighted by atomic mass is 10.2. The summed E-state index contributed by atoms with van der Waals surface area (Å²) in [6.45, 7) is 7.23. The van der Waals surface area contributed by atoms with Crippen LogP contribution in [0.2, 0.25) is 0 Å². The van der Waals surface area contributed by atoms with Gasteiger partial charge in [0.05, 0.1) is 16.6 Å². The molecule has 1 amide bonds. The Bertz CT molecular complexity index is 954. The van der Waals surface area contributed by atoms with Crippen molar-refractivity contribution in [3.63, 3.8) is 0 Å². The van der Waals surface area contributed by atoms with Crippen molar-refractivity contribution in [3.05, 3.63) is 29.8 Å². The number of nitrogens with zero attached hydrogens (tertiary/aromatic N) is 3. The quantitative estimate of drug-likeness (QED) is 0.805. The standard InChI is InChI=1S/C16H21N5O4S/c1-9(21-12(4)18-11(3)20-21)8-17-26(23,24)13-5-6-15-14(7-13)19-16(22)10(2)25-15/h5-7,9-10,17H,8H2,1-4H3,(H,19,22)/t9-,10-/m0/s1. The molecule has 26 heavy (non-hydrogen) atoms. The van der Waals surface area contributed by atoms with E-state index in [1.807, 2.05) is 13.8 Å². The number of amides is 1. The number of hydrogen-bond acceptors (Lipinski definition) is 6. The normalized spacial score (nSPS) is 18.0. The highest BCUT2D eigenvalue weighted by Gasteiger charge is 2.26. The molecule has 0 saturated carbocycles. The molecule has 1 aromatic heterocycles. The van der Waals surface area contributed by atoms with E-state index in [-0.39, 0.29) is 23.4 Å². The lowest BCUT2D eigenvalue weighted by molar-refractivity contribution is -0.122. The highest BCUT2D eigenvalue weighted by molar-refractivity contribution is 7.89. The minimum Gasteiger partial charge on any atom is -0.479 e. The van der Waals surface area contributed by atoms with E-state index in [1.165, 1.54) is 18.2 Å². The first-order valence-electron chi connectivity index (χ1n) is 8.18. The number of fused-ring (bicyclic) bond motifs is 1. The third kappa shape index (κ3) is 3.56. The number of carbonyl (C=O) groups excluding carboxylic acids is 1. The summed E-state index contributed by atoms with van der Waals surface area (Å²) in [5, 5.41) is 6.91. The van der Waals surface area contributed by atoms with E-state index in [4.69, 9.17) is 4.74 Å². The van der Waals surface area contributed by atoms with Crippen molar-refractivity contribution in [1.29, 1.82) is 0 Å². The van der Waals surface area contributed by atoms with Gasteiger partial charge in [0, 0.05) is 6.54 Å². The molecule has 0 unspecified atom stereocenters. The first-order valence-corrected chi connectivity index (χ1v) is 9.66. The molecule has 1 aromatic carbocycles. The molecule has 0 radical (unpaired) electrons. The van der Waals surface area contributed by atoms with Crippen LogP contribution in [0.1, 0.15) is 31.5 Å². The first-order chi connectivity index (χ1) is 12.2. The van der Waals surface area contributed by atoms with Gasteiger partial charge >= 0.3 is 0 Å². The van der Waals surface area contributed by atoms with Crippen LogP contribution in [0.3, 0.4) is 0 Å². The monoisotopic (exact) mass is 379 g/mol. The molecule has 1 aliphatic heterocycles. The van der Waals surface area contributed by atoms with Gasteiger partial charge in [-0.05, 0) is 45.9 Å². The van der Waals surface area contributed by atoms with Gasteiger partial charge in [0.2, 0.25) is 10.0 Å². The molecule has 10 heteroatoms. The number of aromatic nitrogens is 3. The average Bonchev–Trinajstić information content (AvgIpc) is 2.92. The second-order valence-corrected chi connectivity index (χ2v) is 8.03. The van der Waals surface area contributed by atoms with Crippen LogP contribution in [0.25, 0.3) is 0 Å². The van der Waals surface area contributed by atoms with Gasteiger partial charge in [-0.1, -0.05) is 0 Å². The van der Waals surface area contributed by atoms with E-state index in [2.05, 4.69) is 20.1 Å². The molecule has 0 saturated heterocycles. The smallest absolute Gasteiger partial charge is 0.265 e. The second kappa shape index (κ2) is 6.69. The molecule has 2 heterocycles. The predicted molar refractivity (Wildman–Crippen MR) is 94.6 cm³/mol. The number of hydrogen-bond donors (Lipinski definition) is 2. The number of benzene rings is 1. The Morgan fingerprint density at radius 1 is 1.38 bits per heavy atom. The number of anilines is 1. The Hall–Kier alpha value is -2.46. The summed E-state index contributed by atoms with van der Waals surface area (Å²) in [7, 11) is -3.75. The number of rotatable bonds is 5. The van der Waals surface area contributed by atoms with Crippen LogP contribution in [0.15, 0.2) is 23.1 Å². The number of sulfonamides is 1. The molecule has 3 rings (SSSR count). The highest BCUT2D eigenvalue weighted by Crippen LogP contribution is 2.31. The third-order valence-electron chi connectivity index (χ3n) is 4.09. The molecule has 2 N–H and O–H groups in total. The minimum atomic E-state index is -3.75. The fourth-order valence-corrected chi connectivity index (χ4v) is 3.86. The Balaban J connectivity index is 1.75. The van der Waals surface area contributed by atoms with Gasteiger partial charge < -0.3 is 10.1 Å². The van der Waals surface area contributed by atoms with Crippen molar-refractivity contribution in [1.82, 2.24) is 19.5 Å². The zero-order chi connectivity index (χ0) is 19.1. The van der Waals surface area contributed by atoms with Gasteiger partial charge in [-0.2, -0.15) is 5.10 Å². The molecular formula is C16H21N5O4S. The minimum absolute atomic E-state index is 0.0494. The molecule has 1 aliphatic rings. The van der Waals surface area contributed by atoms with Gasteiger partial charge in [-0.25, -0.2) is 22.8 Å². The lowest BCUT2D eigenvalue weighted by Gasteiger charge is -2.23. The van der Waals surface area contributed by atoms with Gasteiger partial charge in [0.25, 0.3) is 5.91 Å². The van der Waals surface area contributed by atoms with Crippen LogP contribution in [0.4, 0.5) is 5.69 Å². The Labute approximate surface area is 151 Å². The van der Waals surface area contributed by atoms with Crippen molar-refractivity contribution in [2.24, 2.45) is 0 Å². The van der Waals surface area contributed by atoms with Crippen molar-refractivity contribution < 1.29 is 17.9 Å². The molecule has 0 bridgehead atoms. The van der Waals surface area contributed by atoms with Crippen LogP contribution in [0.5, 0.6) is 5.75 Å². The van der Waals surface area contributed by atoms with Crippen LogP contribution < -0.4 is 14.8 Å². The largest absolute Gasteiger partial charge is 0.479 e. The van der Waals surface area contributed by atoms with Crippen LogP contribution >= 0.6 is 0 Å². The number of nitrogens with one attached hydrogen (secondary N) is 2. The van der Waals surface area contributed by atoms with E-state index < -0.39 is 16.1 Å². The number of ether oxygens (including phenoxy) is 1. The molecule has 0 spiro atoms. The Kier molecular flexibility index (Phi) is 4.72. The van der Waals surface area contributed by atoms with Crippen molar-refractivity contribution >= 4 is 21.6 Å². The summed E-state index contributed by atoms with van der Waals surface area (Å²) in [6.07, 6.45) is -0.613. The van der Waals surface area contributed by atoms with E-state index in [1.54, 1.807) is 18.5 Å². The van der Waals surface area contributed by atoms with E-state index >= 15 is 0 Å². The highest BCUT2D eigenvalue weighted by atomic mass is 32.2. The number of carbonyl (C=O) groups is 1. The topological polar surface area (TPSA) is 115 Å². The maximum atomic E-state index is 12.6. The van der Waals surface area contributed by atoms with Gasteiger partial charge in [-0.3, -0.25) is 4.79 Å². The van der Waals surface area contributed by atoms with Crippen LogP contribution in [-0.4, -0.2) is 41.7 Å². The molecule has 9 nitrogen and oxygen atoms in total. The Morgan fingerprint density at radius 3 is 2.77 bits per heavy atom. The summed E-state index contributed by atoms with van der Waals surface area (Å²) >= 11 is 0. The molecule has 2 aromatic rings. The van der Waals surface area contributed by atoms with Crippen LogP contribution in [-0.2, 0) is 14.8 Å². The fourth-order valence-electron chi connectivity index (χ4n) is 2.71. The zero-order valence-electron chi connectivity index (χ0n) is 15.0. The van der Waals surface area contributed by atoms with E-state index in [0.717, 1.165) is 5.82 Å². The van der Waals surface area contributed by atoms with E-state index in [9.17, 15) is 13.2 Å². The first kappa shape index (κ1) is 18.3. The molecule has 0 fully saturated rings. The lowest BCUT2D eigenvalue weighted by Crippen LogP contribution is -2.35. The predicted octanol–water partition coefficient (Wildman–Crippen LogP) is 1.15. The second-order valence-electron chi connectivity index (χ2n) is 6.26. The summed E-state index contributed by atoms with van der Waals surface area (Å²) in [5.74, 6) is 1.48. The van der Waals surface area contributed by atoms with Crippen molar-refractivity contribution in [3.8, 4) is 5.75 Å². The maximum Gasteiger partial charge on any atom is 0.265 e. The number of aryl methyl sites for hydroxylation is 2. The molecule has 140 valence electrons. The van der Waals surface area contributed by atoms with Gasteiger partial charge in [0.15, 0.2) is 6.10 Å². The molecule has 2 atom stereocenters. The fraction of sp³-hybridized carbons (Fsp3) is 0.438. The summed E-state index contributed by atoms with van der Waals surface area (Å²) in [4.78, 5) is 16.0. The summed E-state index contributed by atoms with van der Waals surface area (Å²) in [6, 6.07) is 4.17. The van der Waals surface area contributed by atoms with Crippen LogP contribution in [0, 0.1) is 13.8 Å². The SMILES string of the molecule is Cc1nc(C)n([C@@H](C)CNS(=O)(=O)c2ccc3c(c2)NC(=O)[C@H](C)O3)n1. The molecule has 0 aliphatic carbocycles. The maximum absolute atomic E-state index is 12.6. The van der Waals surface area contributed by atoms with Crippen molar-refractivity contribution in [2.45, 2.75) is 44.7 Å². The third-order valence-corrected chi connectivity index (χ3v) is 5.51. The zero-order valence-corrected chi connectivity index (χ0v) is 15.8.